The third kappa shape index (κ3) is 4.11. The van der Waals surface area contributed by atoms with Crippen molar-refractivity contribution in [1.82, 2.24) is 4.98 Å². The normalized spacial score (nSPS) is 11.0. The third-order valence-electron chi connectivity index (χ3n) is 3.14. The summed E-state index contributed by atoms with van der Waals surface area (Å²) in [5.41, 5.74) is 0. The number of hydrogen-bond acceptors (Lipinski definition) is 5. The first kappa shape index (κ1) is 16.0. The van der Waals surface area contributed by atoms with E-state index in [0.717, 1.165) is 6.26 Å². The van der Waals surface area contributed by atoms with Crippen LogP contribution in [0.4, 0.5) is 0 Å². The molecule has 0 unspecified atom stereocenters. The van der Waals surface area contributed by atoms with E-state index < -0.39 is 9.84 Å². The molecule has 0 atom stereocenters. The Morgan fingerprint density at radius 2 is 1.25 bits per heavy atom. The number of sulfone groups is 1. The minimum Gasteiger partial charge on any atom is -0.439 e. The van der Waals surface area contributed by atoms with Crippen molar-refractivity contribution >= 4 is 9.84 Å². The first-order chi connectivity index (χ1) is 11.5. The largest absolute Gasteiger partial charge is 0.439 e. The molecule has 5 nitrogen and oxygen atoms in total. The van der Waals surface area contributed by atoms with Gasteiger partial charge in [0.05, 0.1) is 4.90 Å². The quantitative estimate of drug-likeness (QED) is 0.700. The zero-order valence-corrected chi connectivity index (χ0v) is 13.7. The van der Waals surface area contributed by atoms with Gasteiger partial charge in [0, 0.05) is 18.4 Å². The standard InChI is InChI=1S/C18H15NO4S/c1-24(20,21)16-12-10-15(11-13-16)23-18-9-5-8-17(19-18)22-14-6-3-2-4-7-14/h2-13H,1H3. The van der Waals surface area contributed by atoms with E-state index in [1.165, 1.54) is 12.1 Å². The van der Waals surface area contributed by atoms with Gasteiger partial charge in [-0.1, -0.05) is 24.3 Å². The van der Waals surface area contributed by atoms with E-state index in [0.29, 0.717) is 23.3 Å². The van der Waals surface area contributed by atoms with Crippen LogP contribution in [0.3, 0.4) is 0 Å². The van der Waals surface area contributed by atoms with E-state index in [1.54, 1.807) is 30.3 Å². The molecule has 0 spiro atoms. The van der Waals surface area contributed by atoms with Gasteiger partial charge in [-0.05, 0) is 36.4 Å². The molecule has 3 aromatic rings. The lowest BCUT2D eigenvalue weighted by molar-refractivity contribution is 0.426. The third-order valence-corrected chi connectivity index (χ3v) is 4.27. The van der Waals surface area contributed by atoms with Gasteiger partial charge in [0.2, 0.25) is 11.8 Å². The Bertz CT molecular complexity index is 923. The number of para-hydroxylation sites is 1. The Labute approximate surface area is 140 Å². The van der Waals surface area contributed by atoms with Gasteiger partial charge < -0.3 is 9.47 Å². The predicted octanol–water partition coefficient (Wildman–Crippen LogP) is 4.07. The summed E-state index contributed by atoms with van der Waals surface area (Å²) in [6.07, 6.45) is 1.16. The molecule has 0 aliphatic carbocycles. The van der Waals surface area contributed by atoms with Crippen LogP contribution in [0.15, 0.2) is 77.7 Å². The van der Waals surface area contributed by atoms with Crippen LogP contribution < -0.4 is 9.47 Å². The second-order valence-corrected chi connectivity index (χ2v) is 7.09. The van der Waals surface area contributed by atoms with Gasteiger partial charge in [0.15, 0.2) is 9.84 Å². The molecule has 1 heterocycles. The van der Waals surface area contributed by atoms with E-state index in [-0.39, 0.29) is 4.90 Å². The van der Waals surface area contributed by atoms with Crippen LogP contribution in [0, 0.1) is 0 Å². The lowest BCUT2D eigenvalue weighted by atomic mass is 10.3. The van der Waals surface area contributed by atoms with Crippen molar-refractivity contribution in [3.05, 3.63) is 72.8 Å². The van der Waals surface area contributed by atoms with Gasteiger partial charge in [-0.25, -0.2) is 8.42 Å². The number of hydrogen-bond donors (Lipinski definition) is 0. The Hall–Kier alpha value is -2.86. The zero-order chi connectivity index (χ0) is 17.0. The maximum atomic E-state index is 11.5. The molecule has 0 aliphatic heterocycles. The van der Waals surface area contributed by atoms with Gasteiger partial charge in [0.1, 0.15) is 11.5 Å². The lowest BCUT2D eigenvalue weighted by Crippen LogP contribution is -1.96. The highest BCUT2D eigenvalue weighted by atomic mass is 32.2. The molecule has 0 saturated heterocycles. The molecule has 0 amide bonds. The molecular weight excluding hydrogens is 326 g/mol. The number of nitrogens with zero attached hydrogens (tertiary/aromatic N) is 1. The second kappa shape index (κ2) is 6.72. The number of aromatic nitrogens is 1. The van der Waals surface area contributed by atoms with Crippen molar-refractivity contribution < 1.29 is 17.9 Å². The van der Waals surface area contributed by atoms with E-state index in [1.807, 2.05) is 30.3 Å². The summed E-state index contributed by atoms with van der Waals surface area (Å²) in [6.45, 7) is 0. The van der Waals surface area contributed by atoms with Gasteiger partial charge in [0.25, 0.3) is 0 Å². The fraction of sp³-hybridized carbons (Fsp3) is 0.0556. The molecule has 0 bridgehead atoms. The van der Waals surface area contributed by atoms with E-state index in [2.05, 4.69) is 4.98 Å². The Morgan fingerprint density at radius 1 is 0.708 bits per heavy atom. The average Bonchev–Trinajstić information content (AvgIpc) is 2.56. The summed E-state index contributed by atoms with van der Waals surface area (Å²) in [7, 11) is -3.22. The molecule has 2 aromatic carbocycles. The van der Waals surface area contributed by atoms with Crippen molar-refractivity contribution in [2.24, 2.45) is 0 Å². The summed E-state index contributed by atoms with van der Waals surface area (Å²) in [5.74, 6) is 1.94. The predicted molar refractivity (Wildman–Crippen MR) is 90.4 cm³/mol. The summed E-state index contributed by atoms with van der Waals surface area (Å²) in [5, 5.41) is 0. The summed E-state index contributed by atoms with van der Waals surface area (Å²) in [6, 6.07) is 20.7. The van der Waals surface area contributed by atoms with Crippen LogP contribution in [0.5, 0.6) is 23.3 Å². The van der Waals surface area contributed by atoms with Crippen molar-refractivity contribution in [3.63, 3.8) is 0 Å². The minimum absolute atomic E-state index is 0.240. The molecule has 6 heteroatoms. The van der Waals surface area contributed by atoms with Crippen LogP contribution in [0.2, 0.25) is 0 Å². The molecule has 122 valence electrons. The number of benzene rings is 2. The fourth-order valence-electron chi connectivity index (χ4n) is 1.99. The second-order valence-electron chi connectivity index (χ2n) is 5.07. The van der Waals surface area contributed by atoms with Gasteiger partial charge in [-0.3, -0.25) is 0 Å². The molecule has 1 aromatic heterocycles. The number of ether oxygens (including phenoxy) is 2. The monoisotopic (exact) mass is 341 g/mol. The molecule has 0 fully saturated rings. The topological polar surface area (TPSA) is 65.5 Å². The Balaban J connectivity index is 1.75. The first-order valence-corrected chi connectivity index (χ1v) is 9.08. The van der Waals surface area contributed by atoms with Crippen molar-refractivity contribution in [2.45, 2.75) is 4.90 Å². The molecule has 0 saturated carbocycles. The number of rotatable bonds is 5. The van der Waals surface area contributed by atoms with E-state index in [9.17, 15) is 8.42 Å². The highest BCUT2D eigenvalue weighted by Crippen LogP contribution is 2.25. The fourth-order valence-corrected chi connectivity index (χ4v) is 2.62. The van der Waals surface area contributed by atoms with Crippen LogP contribution in [0.25, 0.3) is 0 Å². The molecule has 0 aliphatic rings. The maximum Gasteiger partial charge on any atom is 0.222 e. The highest BCUT2D eigenvalue weighted by molar-refractivity contribution is 7.90. The summed E-state index contributed by atoms with van der Waals surface area (Å²) >= 11 is 0. The van der Waals surface area contributed by atoms with Crippen LogP contribution in [0.1, 0.15) is 0 Å². The van der Waals surface area contributed by atoms with Crippen molar-refractivity contribution in [3.8, 4) is 23.3 Å². The van der Waals surface area contributed by atoms with Crippen molar-refractivity contribution in [1.29, 1.82) is 0 Å². The Morgan fingerprint density at radius 3 is 1.79 bits per heavy atom. The van der Waals surface area contributed by atoms with Crippen molar-refractivity contribution in [2.75, 3.05) is 6.26 Å². The molecular formula is C18H15NO4S. The van der Waals surface area contributed by atoms with E-state index in [4.69, 9.17) is 9.47 Å². The van der Waals surface area contributed by atoms with Crippen LogP contribution in [-0.2, 0) is 9.84 Å². The molecule has 0 N–H and O–H groups in total. The zero-order valence-electron chi connectivity index (χ0n) is 12.9. The minimum atomic E-state index is -3.22. The molecule has 24 heavy (non-hydrogen) atoms. The highest BCUT2D eigenvalue weighted by Gasteiger charge is 2.07. The first-order valence-electron chi connectivity index (χ1n) is 7.19. The lowest BCUT2D eigenvalue weighted by Gasteiger charge is -2.08. The van der Waals surface area contributed by atoms with E-state index >= 15 is 0 Å². The van der Waals surface area contributed by atoms with Gasteiger partial charge >= 0.3 is 0 Å². The molecule has 0 radical (unpaired) electrons. The van der Waals surface area contributed by atoms with Gasteiger partial charge in [-0.15, -0.1) is 0 Å². The Kier molecular flexibility index (Phi) is 4.48. The molecule has 3 rings (SSSR count). The summed E-state index contributed by atoms with van der Waals surface area (Å²) < 4.78 is 34.2. The maximum absolute atomic E-state index is 11.5. The summed E-state index contributed by atoms with van der Waals surface area (Å²) in [4.78, 5) is 4.51. The average molecular weight is 341 g/mol. The SMILES string of the molecule is CS(=O)(=O)c1ccc(Oc2cccc(Oc3ccccc3)n2)cc1. The van der Waals surface area contributed by atoms with Crippen LogP contribution >= 0.6 is 0 Å². The van der Waals surface area contributed by atoms with Crippen LogP contribution in [-0.4, -0.2) is 19.7 Å². The van der Waals surface area contributed by atoms with Gasteiger partial charge in [-0.2, -0.15) is 4.98 Å². The smallest absolute Gasteiger partial charge is 0.222 e. The number of pyridine rings is 1.